The zero-order valence-corrected chi connectivity index (χ0v) is 18.5. The number of carbonyl (C=O) groups is 2. The lowest BCUT2D eigenvalue weighted by molar-refractivity contribution is 0.0846. The number of amides is 2. The van der Waals surface area contributed by atoms with Crippen LogP contribution in [-0.2, 0) is 10.0 Å². The van der Waals surface area contributed by atoms with Crippen molar-refractivity contribution in [3.63, 3.8) is 0 Å². The van der Waals surface area contributed by atoms with Gasteiger partial charge in [-0.3, -0.25) is 20.4 Å². The molecule has 8 nitrogen and oxygen atoms in total. The van der Waals surface area contributed by atoms with E-state index in [1.165, 1.54) is 28.6 Å². The minimum atomic E-state index is -3.54. The lowest BCUT2D eigenvalue weighted by atomic mass is 10.2. The van der Waals surface area contributed by atoms with Gasteiger partial charge < -0.3 is 4.74 Å². The lowest BCUT2D eigenvalue weighted by Gasteiger charge is -2.15. The van der Waals surface area contributed by atoms with Crippen molar-refractivity contribution in [2.24, 2.45) is 0 Å². The van der Waals surface area contributed by atoms with Crippen LogP contribution in [0.5, 0.6) is 11.5 Å². The van der Waals surface area contributed by atoms with Crippen LogP contribution in [0.15, 0.2) is 83.8 Å². The standard InChI is InChI=1S/C24H23N3O5S/c28-23(18-8-12-21(13-9-18)32-20-6-2-1-3-7-20)25-26-24(29)19-10-14-22(15-11-19)33(30,31)27-16-4-5-17-27/h1-3,6-15H,4-5,16-17H2,(H,25,28)(H,26,29). The van der Waals surface area contributed by atoms with Crippen LogP contribution >= 0.6 is 0 Å². The van der Waals surface area contributed by atoms with E-state index in [4.69, 9.17) is 4.74 Å². The first-order valence-corrected chi connectivity index (χ1v) is 11.9. The second-order valence-electron chi connectivity index (χ2n) is 7.48. The van der Waals surface area contributed by atoms with E-state index in [1.807, 2.05) is 30.3 Å². The Labute approximate surface area is 192 Å². The number of carbonyl (C=O) groups excluding carboxylic acids is 2. The van der Waals surface area contributed by atoms with Gasteiger partial charge in [-0.15, -0.1) is 0 Å². The van der Waals surface area contributed by atoms with Crippen LogP contribution in [-0.4, -0.2) is 37.6 Å². The van der Waals surface area contributed by atoms with E-state index < -0.39 is 21.8 Å². The number of benzene rings is 3. The average Bonchev–Trinajstić information content (AvgIpc) is 3.40. The Morgan fingerprint density at radius 1 is 0.697 bits per heavy atom. The molecule has 0 spiro atoms. The highest BCUT2D eigenvalue weighted by Gasteiger charge is 2.27. The number of hydrogen-bond acceptors (Lipinski definition) is 5. The zero-order valence-electron chi connectivity index (χ0n) is 17.7. The van der Waals surface area contributed by atoms with Crippen LogP contribution in [0.3, 0.4) is 0 Å². The number of nitrogens with one attached hydrogen (secondary N) is 2. The van der Waals surface area contributed by atoms with E-state index in [0.717, 1.165) is 12.8 Å². The van der Waals surface area contributed by atoms with Crippen LogP contribution in [0.25, 0.3) is 0 Å². The van der Waals surface area contributed by atoms with Crippen molar-refractivity contribution in [1.82, 2.24) is 15.2 Å². The number of ether oxygens (including phenoxy) is 1. The molecule has 0 atom stereocenters. The van der Waals surface area contributed by atoms with Gasteiger partial charge in [-0.25, -0.2) is 8.42 Å². The average molecular weight is 466 g/mol. The molecule has 1 heterocycles. The highest BCUT2D eigenvalue weighted by atomic mass is 32.2. The van der Waals surface area contributed by atoms with Gasteiger partial charge in [-0.05, 0) is 73.5 Å². The fraction of sp³-hybridized carbons (Fsp3) is 0.167. The number of hydrazine groups is 1. The Morgan fingerprint density at radius 2 is 1.18 bits per heavy atom. The fourth-order valence-corrected chi connectivity index (χ4v) is 4.93. The Bertz CT molecular complexity index is 1220. The number of para-hydroxylation sites is 1. The summed E-state index contributed by atoms with van der Waals surface area (Å²) in [7, 11) is -3.54. The molecule has 9 heteroatoms. The third kappa shape index (κ3) is 5.39. The summed E-state index contributed by atoms with van der Waals surface area (Å²) < 4.78 is 32.3. The monoisotopic (exact) mass is 465 g/mol. The van der Waals surface area contributed by atoms with E-state index in [9.17, 15) is 18.0 Å². The molecule has 4 rings (SSSR count). The summed E-state index contributed by atoms with van der Waals surface area (Å²) in [5.74, 6) is 0.201. The van der Waals surface area contributed by atoms with Gasteiger partial charge in [-0.1, -0.05) is 18.2 Å². The van der Waals surface area contributed by atoms with Gasteiger partial charge >= 0.3 is 0 Å². The molecule has 0 aromatic heterocycles. The molecule has 2 N–H and O–H groups in total. The summed E-state index contributed by atoms with van der Waals surface area (Å²) in [6.45, 7) is 1.02. The van der Waals surface area contributed by atoms with Crippen LogP contribution in [0.4, 0.5) is 0 Å². The van der Waals surface area contributed by atoms with E-state index in [2.05, 4.69) is 10.9 Å². The summed E-state index contributed by atoms with van der Waals surface area (Å²) in [5, 5.41) is 0. The molecule has 1 saturated heterocycles. The molecule has 2 amide bonds. The number of nitrogens with zero attached hydrogens (tertiary/aromatic N) is 1. The fourth-order valence-electron chi connectivity index (χ4n) is 3.41. The molecule has 0 bridgehead atoms. The third-order valence-corrected chi connectivity index (χ3v) is 7.12. The van der Waals surface area contributed by atoms with Crippen molar-refractivity contribution in [3.05, 3.63) is 90.0 Å². The van der Waals surface area contributed by atoms with E-state index in [1.54, 1.807) is 24.3 Å². The van der Waals surface area contributed by atoms with Crippen molar-refractivity contribution in [2.75, 3.05) is 13.1 Å². The maximum Gasteiger partial charge on any atom is 0.269 e. The van der Waals surface area contributed by atoms with E-state index >= 15 is 0 Å². The quantitative estimate of drug-likeness (QED) is 0.544. The van der Waals surface area contributed by atoms with Gasteiger partial charge in [0.1, 0.15) is 11.5 Å². The SMILES string of the molecule is O=C(NNC(=O)c1ccc(S(=O)(=O)N2CCCC2)cc1)c1ccc(Oc2ccccc2)cc1. The van der Waals surface area contributed by atoms with Crippen LogP contribution in [0.1, 0.15) is 33.6 Å². The lowest BCUT2D eigenvalue weighted by Crippen LogP contribution is -2.41. The van der Waals surface area contributed by atoms with Crippen molar-refractivity contribution in [3.8, 4) is 11.5 Å². The molecule has 1 aliphatic heterocycles. The smallest absolute Gasteiger partial charge is 0.269 e. The molecule has 0 radical (unpaired) electrons. The number of hydrogen-bond donors (Lipinski definition) is 2. The van der Waals surface area contributed by atoms with Crippen LogP contribution in [0, 0.1) is 0 Å². The van der Waals surface area contributed by atoms with Crippen LogP contribution in [0.2, 0.25) is 0 Å². The maximum absolute atomic E-state index is 12.6. The van der Waals surface area contributed by atoms with E-state index in [0.29, 0.717) is 30.2 Å². The topological polar surface area (TPSA) is 105 Å². The molecule has 0 aliphatic carbocycles. The van der Waals surface area contributed by atoms with Crippen molar-refractivity contribution in [1.29, 1.82) is 0 Å². The van der Waals surface area contributed by atoms with Crippen molar-refractivity contribution < 1.29 is 22.7 Å². The summed E-state index contributed by atoms with van der Waals surface area (Å²) in [5.41, 5.74) is 5.25. The highest BCUT2D eigenvalue weighted by Crippen LogP contribution is 2.22. The Balaban J connectivity index is 1.32. The van der Waals surface area contributed by atoms with Crippen molar-refractivity contribution in [2.45, 2.75) is 17.7 Å². The van der Waals surface area contributed by atoms with E-state index in [-0.39, 0.29) is 10.5 Å². The first-order chi connectivity index (χ1) is 15.9. The van der Waals surface area contributed by atoms with Gasteiger partial charge in [0.05, 0.1) is 4.90 Å². The molecular formula is C24H23N3O5S. The molecule has 0 saturated carbocycles. The summed E-state index contributed by atoms with van der Waals surface area (Å²) in [4.78, 5) is 24.8. The molecule has 0 unspecified atom stereocenters. The molecule has 1 aliphatic rings. The van der Waals surface area contributed by atoms with Gasteiger partial charge in [0, 0.05) is 24.2 Å². The second-order valence-corrected chi connectivity index (χ2v) is 9.42. The maximum atomic E-state index is 12.6. The van der Waals surface area contributed by atoms with Crippen molar-refractivity contribution >= 4 is 21.8 Å². The summed E-state index contributed by atoms with van der Waals surface area (Å²) >= 11 is 0. The van der Waals surface area contributed by atoms with Gasteiger partial charge in [0.2, 0.25) is 10.0 Å². The molecule has 3 aromatic rings. The first kappa shape index (κ1) is 22.5. The first-order valence-electron chi connectivity index (χ1n) is 10.5. The second kappa shape index (κ2) is 9.85. The minimum absolute atomic E-state index is 0.141. The molecule has 33 heavy (non-hydrogen) atoms. The molecule has 1 fully saturated rings. The van der Waals surface area contributed by atoms with Gasteiger partial charge in [0.25, 0.3) is 11.8 Å². The molecule has 170 valence electrons. The molecule has 3 aromatic carbocycles. The van der Waals surface area contributed by atoms with Gasteiger partial charge in [-0.2, -0.15) is 4.31 Å². The highest BCUT2D eigenvalue weighted by molar-refractivity contribution is 7.89. The van der Waals surface area contributed by atoms with Crippen LogP contribution < -0.4 is 15.6 Å². The minimum Gasteiger partial charge on any atom is -0.457 e. The Hall–Kier alpha value is -3.69. The summed E-state index contributed by atoms with van der Waals surface area (Å²) in [6.07, 6.45) is 1.70. The predicted octanol–water partition coefficient (Wildman–Crippen LogP) is 3.34. The Kier molecular flexibility index (Phi) is 6.71. The normalized spacial score (nSPS) is 13.9. The largest absolute Gasteiger partial charge is 0.457 e. The Morgan fingerprint density at radius 3 is 1.73 bits per heavy atom. The number of rotatable bonds is 6. The third-order valence-electron chi connectivity index (χ3n) is 5.20. The molecular weight excluding hydrogens is 442 g/mol. The predicted molar refractivity (Wildman–Crippen MR) is 122 cm³/mol. The van der Waals surface area contributed by atoms with Gasteiger partial charge in [0.15, 0.2) is 0 Å². The zero-order chi connectivity index (χ0) is 23.3. The number of sulfonamides is 1. The summed E-state index contributed by atoms with van der Waals surface area (Å²) in [6, 6.07) is 21.4.